The molecule has 0 spiro atoms. The number of aromatic nitrogens is 1. The highest BCUT2D eigenvalue weighted by molar-refractivity contribution is 5.91. The quantitative estimate of drug-likeness (QED) is 0.779. The third-order valence-corrected chi connectivity index (χ3v) is 2.90. The van der Waals surface area contributed by atoms with Crippen molar-refractivity contribution in [2.45, 2.75) is 6.54 Å². The van der Waals surface area contributed by atoms with Gasteiger partial charge in [-0.1, -0.05) is 24.3 Å². The lowest BCUT2D eigenvalue weighted by Crippen LogP contribution is -2.22. The molecule has 19 heavy (non-hydrogen) atoms. The molecule has 3 aromatic rings. The first-order valence-electron chi connectivity index (χ1n) is 5.99. The van der Waals surface area contributed by atoms with Crippen LogP contribution >= 0.6 is 0 Å². The number of pyridine rings is 1. The second-order valence-corrected chi connectivity index (χ2v) is 4.15. The zero-order valence-corrected chi connectivity index (χ0v) is 10.2. The van der Waals surface area contributed by atoms with Crippen molar-refractivity contribution in [1.29, 1.82) is 0 Å². The fourth-order valence-corrected chi connectivity index (χ4v) is 1.98. The van der Waals surface area contributed by atoms with Crippen molar-refractivity contribution in [3.63, 3.8) is 0 Å². The van der Waals surface area contributed by atoms with Crippen LogP contribution in [-0.4, -0.2) is 10.9 Å². The van der Waals surface area contributed by atoms with Crippen LogP contribution in [0.25, 0.3) is 10.9 Å². The van der Waals surface area contributed by atoms with Crippen LogP contribution in [0.2, 0.25) is 0 Å². The van der Waals surface area contributed by atoms with Crippen LogP contribution < -0.4 is 5.32 Å². The second-order valence-electron chi connectivity index (χ2n) is 4.15. The minimum atomic E-state index is -0.224. The molecule has 1 amide bonds. The van der Waals surface area contributed by atoms with Crippen LogP contribution in [0.5, 0.6) is 0 Å². The summed E-state index contributed by atoms with van der Waals surface area (Å²) in [7, 11) is 0. The predicted molar refractivity (Wildman–Crippen MR) is 71.6 cm³/mol. The Bertz CT molecular complexity index is 700. The highest BCUT2D eigenvalue weighted by Gasteiger charge is 2.08. The molecular weight excluding hydrogens is 240 g/mol. The van der Waals surface area contributed by atoms with Gasteiger partial charge in [-0.3, -0.25) is 9.78 Å². The molecule has 3 rings (SSSR count). The molecule has 4 heteroatoms. The number of furan rings is 1. The molecule has 1 N–H and O–H groups in total. The summed E-state index contributed by atoms with van der Waals surface area (Å²) in [6.07, 6.45) is 3.23. The average molecular weight is 252 g/mol. The Morgan fingerprint density at radius 3 is 2.89 bits per heavy atom. The molecule has 0 aliphatic carbocycles. The first-order chi connectivity index (χ1) is 9.34. The molecule has 0 aliphatic heterocycles. The Morgan fingerprint density at radius 2 is 2.05 bits per heavy atom. The minimum absolute atomic E-state index is 0.224. The Labute approximate surface area is 110 Å². The van der Waals surface area contributed by atoms with Crippen LogP contribution in [0, 0.1) is 0 Å². The number of carbonyl (C=O) groups excluding carboxylic acids is 1. The summed E-state index contributed by atoms with van der Waals surface area (Å²) in [4.78, 5) is 16.1. The lowest BCUT2D eigenvalue weighted by Gasteiger charge is -2.06. The third-order valence-electron chi connectivity index (χ3n) is 2.90. The Morgan fingerprint density at radius 1 is 1.16 bits per heavy atom. The van der Waals surface area contributed by atoms with Gasteiger partial charge >= 0.3 is 0 Å². The Kier molecular flexibility index (Phi) is 2.98. The van der Waals surface area contributed by atoms with E-state index in [1.807, 2.05) is 30.3 Å². The zero-order valence-electron chi connectivity index (χ0n) is 10.2. The van der Waals surface area contributed by atoms with Crippen LogP contribution in [0.3, 0.4) is 0 Å². The zero-order chi connectivity index (χ0) is 13.1. The number of nitrogens with zero attached hydrogens (tertiary/aromatic N) is 1. The van der Waals surface area contributed by atoms with Crippen LogP contribution in [0.4, 0.5) is 0 Å². The molecule has 1 aromatic carbocycles. The van der Waals surface area contributed by atoms with Crippen molar-refractivity contribution in [2.75, 3.05) is 0 Å². The molecule has 0 fully saturated rings. The van der Waals surface area contributed by atoms with Crippen LogP contribution in [-0.2, 0) is 6.54 Å². The predicted octanol–water partition coefficient (Wildman–Crippen LogP) is 2.76. The second kappa shape index (κ2) is 4.94. The van der Waals surface area contributed by atoms with E-state index in [1.54, 1.807) is 18.3 Å². The van der Waals surface area contributed by atoms with Gasteiger partial charge in [-0.25, -0.2) is 0 Å². The first kappa shape index (κ1) is 11.5. The topological polar surface area (TPSA) is 55.1 Å². The number of benzene rings is 1. The number of fused-ring (bicyclic) bond motifs is 1. The molecule has 0 unspecified atom stereocenters. The summed E-state index contributed by atoms with van der Waals surface area (Å²) in [6.45, 7) is 0.424. The van der Waals surface area contributed by atoms with Crippen molar-refractivity contribution in [2.24, 2.45) is 0 Å². The number of carbonyl (C=O) groups is 1. The SMILES string of the molecule is O=C(NCc1cccc2cccnc12)c1ccco1. The summed E-state index contributed by atoms with van der Waals surface area (Å²) in [5, 5.41) is 3.88. The fraction of sp³-hybridized carbons (Fsp3) is 0.0667. The molecule has 2 aromatic heterocycles. The molecule has 0 atom stereocenters. The van der Waals surface area contributed by atoms with Gasteiger partial charge in [-0.15, -0.1) is 0 Å². The maximum absolute atomic E-state index is 11.8. The van der Waals surface area contributed by atoms with E-state index < -0.39 is 0 Å². The van der Waals surface area contributed by atoms with E-state index >= 15 is 0 Å². The summed E-state index contributed by atoms with van der Waals surface area (Å²) in [6, 6.07) is 13.1. The molecule has 4 nitrogen and oxygen atoms in total. The van der Waals surface area contributed by atoms with Crippen molar-refractivity contribution >= 4 is 16.8 Å². The van der Waals surface area contributed by atoms with Gasteiger partial charge in [-0.2, -0.15) is 0 Å². The fourth-order valence-electron chi connectivity index (χ4n) is 1.98. The van der Waals surface area contributed by atoms with E-state index in [4.69, 9.17) is 4.42 Å². The molecule has 0 saturated carbocycles. The summed E-state index contributed by atoms with van der Waals surface area (Å²) in [5.41, 5.74) is 1.89. The van der Waals surface area contributed by atoms with E-state index in [9.17, 15) is 4.79 Å². The molecule has 0 radical (unpaired) electrons. The Hall–Kier alpha value is -2.62. The van der Waals surface area contributed by atoms with E-state index in [2.05, 4.69) is 10.3 Å². The normalized spacial score (nSPS) is 10.5. The standard InChI is InChI=1S/C15H12N2O2/c18-15(13-7-3-9-19-13)17-10-12-5-1-4-11-6-2-8-16-14(11)12/h1-9H,10H2,(H,17,18). The first-order valence-corrected chi connectivity index (χ1v) is 5.99. The van der Waals surface area contributed by atoms with Gasteiger partial charge in [-0.05, 0) is 23.8 Å². The molecule has 0 aliphatic rings. The smallest absolute Gasteiger partial charge is 0.287 e. The summed E-state index contributed by atoms with van der Waals surface area (Å²) < 4.78 is 5.04. The van der Waals surface area contributed by atoms with Gasteiger partial charge in [0, 0.05) is 18.1 Å². The number of hydrogen-bond acceptors (Lipinski definition) is 3. The van der Waals surface area contributed by atoms with Gasteiger partial charge in [0.15, 0.2) is 5.76 Å². The van der Waals surface area contributed by atoms with Gasteiger partial charge in [0.1, 0.15) is 0 Å². The molecule has 94 valence electrons. The maximum atomic E-state index is 11.8. The molecule has 0 bridgehead atoms. The van der Waals surface area contributed by atoms with Gasteiger partial charge in [0.25, 0.3) is 5.91 Å². The maximum Gasteiger partial charge on any atom is 0.287 e. The minimum Gasteiger partial charge on any atom is -0.459 e. The van der Waals surface area contributed by atoms with E-state index in [0.717, 1.165) is 16.5 Å². The van der Waals surface area contributed by atoms with Gasteiger partial charge in [0.2, 0.25) is 0 Å². The average Bonchev–Trinajstić information content (AvgIpc) is 2.99. The monoisotopic (exact) mass is 252 g/mol. The number of rotatable bonds is 3. The number of amides is 1. The molecular formula is C15H12N2O2. The molecule has 2 heterocycles. The van der Waals surface area contributed by atoms with Crippen molar-refractivity contribution in [3.05, 3.63) is 66.2 Å². The summed E-state index contributed by atoms with van der Waals surface area (Å²) >= 11 is 0. The van der Waals surface area contributed by atoms with Gasteiger partial charge < -0.3 is 9.73 Å². The number of para-hydroxylation sites is 1. The largest absolute Gasteiger partial charge is 0.459 e. The van der Waals surface area contributed by atoms with Gasteiger partial charge in [0.05, 0.1) is 11.8 Å². The summed E-state index contributed by atoms with van der Waals surface area (Å²) in [5.74, 6) is 0.0890. The van der Waals surface area contributed by atoms with E-state index in [0.29, 0.717) is 12.3 Å². The molecule has 0 saturated heterocycles. The van der Waals surface area contributed by atoms with Crippen molar-refractivity contribution < 1.29 is 9.21 Å². The van der Waals surface area contributed by atoms with Crippen LogP contribution in [0.1, 0.15) is 16.1 Å². The number of hydrogen-bond donors (Lipinski definition) is 1. The van der Waals surface area contributed by atoms with Crippen molar-refractivity contribution in [1.82, 2.24) is 10.3 Å². The third kappa shape index (κ3) is 2.33. The van der Waals surface area contributed by atoms with E-state index in [1.165, 1.54) is 6.26 Å². The lowest BCUT2D eigenvalue weighted by molar-refractivity contribution is 0.0923. The Balaban J connectivity index is 1.81. The van der Waals surface area contributed by atoms with Crippen LogP contribution in [0.15, 0.2) is 59.3 Å². The highest BCUT2D eigenvalue weighted by Crippen LogP contribution is 2.15. The number of nitrogens with one attached hydrogen (secondary N) is 1. The highest BCUT2D eigenvalue weighted by atomic mass is 16.3. The van der Waals surface area contributed by atoms with E-state index in [-0.39, 0.29) is 5.91 Å². The lowest BCUT2D eigenvalue weighted by atomic mass is 10.1. The van der Waals surface area contributed by atoms with Crippen molar-refractivity contribution in [3.8, 4) is 0 Å².